The zero-order valence-electron chi connectivity index (χ0n) is 6.13. The molecule has 3 heteroatoms. The SMILES string of the molecule is CCc1cc(I)c(O)cc1O. The van der Waals surface area contributed by atoms with Crippen LogP contribution in [0.15, 0.2) is 12.1 Å². The van der Waals surface area contributed by atoms with Gasteiger partial charge in [0.15, 0.2) is 0 Å². The van der Waals surface area contributed by atoms with Crippen LogP contribution in [0.25, 0.3) is 0 Å². The number of benzene rings is 1. The van der Waals surface area contributed by atoms with Gasteiger partial charge in [-0.15, -0.1) is 0 Å². The van der Waals surface area contributed by atoms with Gasteiger partial charge in [0.1, 0.15) is 11.5 Å². The lowest BCUT2D eigenvalue weighted by atomic mass is 10.1. The molecule has 0 fully saturated rings. The first-order valence-corrected chi connectivity index (χ1v) is 4.43. The fraction of sp³-hybridized carbons (Fsp3) is 0.250. The van der Waals surface area contributed by atoms with Crippen molar-refractivity contribution >= 4 is 22.6 Å². The van der Waals surface area contributed by atoms with E-state index < -0.39 is 0 Å². The van der Waals surface area contributed by atoms with E-state index in [0.29, 0.717) is 0 Å². The Morgan fingerprint density at radius 3 is 2.45 bits per heavy atom. The molecule has 1 rings (SSSR count). The molecule has 0 atom stereocenters. The van der Waals surface area contributed by atoms with E-state index in [2.05, 4.69) is 0 Å². The summed E-state index contributed by atoms with van der Waals surface area (Å²) in [6, 6.07) is 3.16. The smallest absolute Gasteiger partial charge is 0.132 e. The number of hydrogen-bond donors (Lipinski definition) is 2. The van der Waals surface area contributed by atoms with Crippen LogP contribution in [0.5, 0.6) is 11.5 Å². The molecule has 11 heavy (non-hydrogen) atoms. The van der Waals surface area contributed by atoms with Crippen LogP contribution < -0.4 is 0 Å². The third-order valence-corrected chi connectivity index (χ3v) is 2.39. The first kappa shape index (κ1) is 8.64. The quantitative estimate of drug-likeness (QED) is 0.764. The van der Waals surface area contributed by atoms with Gasteiger partial charge >= 0.3 is 0 Å². The molecule has 0 saturated heterocycles. The van der Waals surface area contributed by atoms with Crippen LogP contribution in [0, 0.1) is 3.57 Å². The predicted octanol–water partition coefficient (Wildman–Crippen LogP) is 2.26. The third kappa shape index (κ3) is 1.77. The molecule has 0 amide bonds. The minimum atomic E-state index is 0.139. The lowest BCUT2D eigenvalue weighted by Gasteiger charge is -2.03. The Bertz CT molecular complexity index is 271. The largest absolute Gasteiger partial charge is 0.508 e. The van der Waals surface area contributed by atoms with Crippen LogP contribution in [-0.2, 0) is 6.42 Å². The van der Waals surface area contributed by atoms with Gasteiger partial charge < -0.3 is 10.2 Å². The molecule has 0 aromatic heterocycles. The second-order valence-corrected chi connectivity index (χ2v) is 3.45. The van der Waals surface area contributed by atoms with E-state index in [4.69, 9.17) is 5.11 Å². The van der Waals surface area contributed by atoms with Crippen LogP contribution >= 0.6 is 22.6 Å². The summed E-state index contributed by atoms with van der Waals surface area (Å²) < 4.78 is 0.775. The maximum atomic E-state index is 9.25. The second-order valence-electron chi connectivity index (χ2n) is 2.29. The Kier molecular flexibility index (Phi) is 2.59. The van der Waals surface area contributed by atoms with E-state index in [9.17, 15) is 5.11 Å². The summed E-state index contributed by atoms with van der Waals surface area (Å²) in [5.74, 6) is 0.311. The van der Waals surface area contributed by atoms with Crippen molar-refractivity contribution in [3.8, 4) is 11.5 Å². The summed E-state index contributed by atoms with van der Waals surface area (Å²) in [5, 5.41) is 18.4. The van der Waals surface area contributed by atoms with Crippen molar-refractivity contribution in [3.05, 3.63) is 21.3 Å². The summed E-state index contributed by atoms with van der Waals surface area (Å²) in [5.41, 5.74) is 0.868. The molecule has 1 aromatic rings. The van der Waals surface area contributed by atoms with Gasteiger partial charge in [0.2, 0.25) is 0 Å². The number of phenols is 2. The number of aryl methyl sites for hydroxylation is 1. The summed E-state index contributed by atoms with van der Waals surface area (Å²) in [4.78, 5) is 0. The Morgan fingerprint density at radius 2 is 1.91 bits per heavy atom. The molecule has 0 saturated carbocycles. The normalized spacial score (nSPS) is 10.0. The Morgan fingerprint density at radius 1 is 1.27 bits per heavy atom. The summed E-state index contributed by atoms with van der Waals surface area (Å²) in [6.07, 6.45) is 0.780. The van der Waals surface area contributed by atoms with Crippen molar-refractivity contribution in [2.24, 2.45) is 0 Å². The highest BCUT2D eigenvalue weighted by Gasteiger charge is 2.03. The molecular weight excluding hydrogens is 255 g/mol. The molecule has 0 bridgehead atoms. The molecule has 0 spiro atoms. The number of phenolic OH excluding ortho intramolecular Hbond substituents is 2. The molecule has 60 valence electrons. The molecule has 0 aliphatic rings. The number of rotatable bonds is 1. The fourth-order valence-corrected chi connectivity index (χ4v) is 1.41. The van der Waals surface area contributed by atoms with Gasteiger partial charge in [-0.1, -0.05) is 6.92 Å². The van der Waals surface area contributed by atoms with Gasteiger partial charge in [-0.3, -0.25) is 0 Å². The third-order valence-electron chi connectivity index (χ3n) is 1.53. The lowest BCUT2D eigenvalue weighted by molar-refractivity contribution is 0.444. The highest BCUT2D eigenvalue weighted by molar-refractivity contribution is 14.1. The van der Waals surface area contributed by atoms with Crippen molar-refractivity contribution in [1.29, 1.82) is 0 Å². The Hall–Kier alpha value is -0.450. The molecule has 0 unspecified atom stereocenters. The van der Waals surface area contributed by atoms with Gasteiger partial charge in [0.05, 0.1) is 3.57 Å². The summed E-state index contributed by atoms with van der Waals surface area (Å²) in [6.45, 7) is 1.96. The van der Waals surface area contributed by atoms with Crippen molar-refractivity contribution in [2.75, 3.05) is 0 Å². The highest BCUT2D eigenvalue weighted by Crippen LogP contribution is 2.28. The van der Waals surface area contributed by atoms with Gasteiger partial charge in [-0.05, 0) is 40.6 Å². The second kappa shape index (κ2) is 3.30. The zero-order valence-corrected chi connectivity index (χ0v) is 8.29. The molecule has 2 nitrogen and oxygen atoms in total. The molecule has 2 N–H and O–H groups in total. The number of hydrogen-bond acceptors (Lipinski definition) is 2. The van der Waals surface area contributed by atoms with Crippen molar-refractivity contribution in [3.63, 3.8) is 0 Å². The van der Waals surface area contributed by atoms with Crippen LogP contribution in [0.1, 0.15) is 12.5 Å². The molecule has 0 aliphatic heterocycles. The average Bonchev–Trinajstić information content (AvgIpc) is 1.97. The van der Waals surface area contributed by atoms with Crippen LogP contribution in [-0.4, -0.2) is 10.2 Å². The average molecular weight is 264 g/mol. The molecule has 0 radical (unpaired) electrons. The van der Waals surface area contributed by atoms with Crippen molar-refractivity contribution in [2.45, 2.75) is 13.3 Å². The van der Waals surface area contributed by atoms with Gasteiger partial charge in [-0.25, -0.2) is 0 Å². The van der Waals surface area contributed by atoms with E-state index in [1.807, 2.05) is 29.5 Å². The predicted molar refractivity (Wildman–Crippen MR) is 51.9 cm³/mol. The van der Waals surface area contributed by atoms with Crippen LogP contribution in [0.3, 0.4) is 0 Å². The van der Waals surface area contributed by atoms with Gasteiger partial charge in [0, 0.05) is 6.07 Å². The van der Waals surface area contributed by atoms with Crippen molar-refractivity contribution < 1.29 is 10.2 Å². The van der Waals surface area contributed by atoms with Gasteiger partial charge in [-0.2, -0.15) is 0 Å². The van der Waals surface area contributed by atoms with E-state index in [1.54, 1.807) is 6.07 Å². The number of halogens is 1. The van der Waals surface area contributed by atoms with Gasteiger partial charge in [0.25, 0.3) is 0 Å². The minimum absolute atomic E-state index is 0.139. The first-order chi connectivity index (χ1) is 5.15. The zero-order chi connectivity index (χ0) is 8.43. The molecule has 1 aromatic carbocycles. The maximum absolute atomic E-state index is 9.25. The Balaban J connectivity index is 3.21. The fourth-order valence-electron chi connectivity index (χ4n) is 0.875. The van der Waals surface area contributed by atoms with Crippen LogP contribution in [0.4, 0.5) is 0 Å². The molecule has 0 heterocycles. The standard InChI is InChI=1S/C8H9IO2/c1-2-5-3-6(9)8(11)4-7(5)10/h3-4,10-11H,2H2,1H3. The topological polar surface area (TPSA) is 40.5 Å². The molecule has 0 aliphatic carbocycles. The Labute approximate surface area is 79.0 Å². The van der Waals surface area contributed by atoms with E-state index in [0.717, 1.165) is 15.6 Å². The summed E-state index contributed by atoms with van der Waals surface area (Å²) >= 11 is 2.03. The minimum Gasteiger partial charge on any atom is -0.508 e. The lowest BCUT2D eigenvalue weighted by Crippen LogP contribution is -1.83. The maximum Gasteiger partial charge on any atom is 0.132 e. The number of aromatic hydroxyl groups is 2. The van der Waals surface area contributed by atoms with E-state index in [1.165, 1.54) is 6.07 Å². The van der Waals surface area contributed by atoms with E-state index in [-0.39, 0.29) is 11.5 Å². The highest BCUT2D eigenvalue weighted by atomic mass is 127. The van der Waals surface area contributed by atoms with E-state index >= 15 is 0 Å². The molecular formula is C8H9IO2. The van der Waals surface area contributed by atoms with Crippen LogP contribution in [0.2, 0.25) is 0 Å². The first-order valence-electron chi connectivity index (χ1n) is 3.35. The summed E-state index contributed by atoms with van der Waals surface area (Å²) in [7, 11) is 0. The monoisotopic (exact) mass is 264 g/mol. The van der Waals surface area contributed by atoms with Crippen molar-refractivity contribution in [1.82, 2.24) is 0 Å².